The predicted molar refractivity (Wildman–Crippen MR) is 123 cm³/mol. The van der Waals surface area contributed by atoms with Gasteiger partial charge in [-0.25, -0.2) is 0 Å². The van der Waals surface area contributed by atoms with Crippen molar-refractivity contribution in [2.75, 3.05) is 31.6 Å². The largest absolute Gasteiger partial charge is 0.464 e. The molecule has 1 aliphatic rings. The SMILES string of the molecule is CCC(C(=O)OCCN1CCOC(c2ccccc2)C1C)c1ccccc1.ClCCl. The second kappa shape index (κ2) is 13.7. The smallest absolute Gasteiger partial charge is 0.313 e. The maximum atomic E-state index is 12.5. The first kappa shape index (κ1) is 24.7. The van der Waals surface area contributed by atoms with E-state index in [1.54, 1.807) is 0 Å². The predicted octanol–water partition coefficient (Wildman–Crippen LogP) is 5.61. The minimum absolute atomic E-state index is 0.0587. The Kier molecular flexibility index (Phi) is 11.2. The zero-order chi connectivity index (χ0) is 21.8. The molecule has 1 fully saturated rings. The molecule has 164 valence electrons. The highest BCUT2D eigenvalue weighted by Gasteiger charge is 2.30. The van der Waals surface area contributed by atoms with Crippen molar-refractivity contribution < 1.29 is 14.3 Å². The van der Waals surface area contributed by atoms with Crippen LogP contribution in [0.15, 0.2) is 60.7 Å². The maximum absolute atomic E-state index is 12.5. The molecule has 0 amide bonds. The summed E-state index contributed by atoms with van der Waals surface area (Å²) in [6.07, 6.45) is 0.802. The van der Waals surface area contributed by atoms with E-state index in [0.717, 1.165) is 25.1 Å². The zero-order valence-corrected chi connectivity index (χ0v) is 19.2. The van der Waals surface area contributed by atoms with Gasteiger partial charge in [-0.3, -0.25) is 9.69 Å². The second-order valence-electron chi connectivity index (χ2n) is 7.12. The van der Waals surface area contributed by atoms with Gasteiger partial charge in [-0.1, -0.05) is 67.6 Å². The first-order chi connectivity index (χ1) is 14.6. The Bertz CT molecular complexity index is 730. The summed E-state index contributed by atoms with van der Waals surface area (Å²) >= 11 is 9.53. The fourth-order valence-corrected chi connectivity index (χ4v) is 3.75. The quantitative estimate of drug-likeness (QED) is 0.405. The number of ether oxygens (including phenoxy) is 2. The van der Waals surface area contributed by atoms with Gasteiger partial charge in [0.2, 0.25) is 0 Å². The Labute approximate surface area is 190 Å². The van der Waals surface area contributed by atoms with Crippen molar-refractivity contribution in [3.8, 4) is 0 Å². The molecule has 2 aromatic carbocycles. The van der Waals surface area contributed by atoms with Crippen LogP contribution in [0.3, 0.4) is 0 Å². The number of nitrogens with zero attached hydrogens (tertiary/aromatic N) is 1. The van der Waals surface area contributed by atoms with Gasteiger partial charge in [-0.05, 0) is 24.5 Å². The van der Waals surface area contributed by atoms with E-state index < -0.39 is 0 Å². The number of benzene rings is 2. The number of hydrogen-bond donors (Lipinski definition) is 0. The summed E-state index contributed by atoms with van der Waals surface area (Å²) in [5.74, 6) is -0.324. The topological polar surface area (TPSA) is 38.8 Å². The number of carbonyl (C=O) groups is 1. The van der Waals surface area contributed by atoms with Gasteiger partial charge >= 0.3 is 5.97 Å². The molecule has 1 aliphatic heterocycles. The highest BCUT2D eigenvalue weighted by atomic mass is 35.5. The van der Waals surface area contributed by atoms with Gasteiger partial charge in [-0.2, -0.15) is 0 Å². The first-order valence-electron chi connectivity index (χ1n) is 10.4. The van der Waals surface area contributed by atoms with Gasteiger partial charge in [0.05, 0.1) is 24.0 Å². The number of rotatable bonds is 7. The first-order valence-corrected chi connectivity index (χ1v) is 11.4. The fourth-order valence-electron chi connectivity index (χ4n) is 3.75. The molecule has 1 saturated heterocycles. The lowest BCUT2D eigenvalue weighted by molar-refractivity contribution is -0.147. The molecule has 3 atom stereocenters. The Morgan fingerprint density at radius 3 is 2.33 bits per heavy atom. The van der Waals surface area contributed by atoms with Crippen LogP contribution in [0.1, 0.15) is 43.4 Å². The number of hydrogen-bond acceptors (Lipinski definition) is 4. The standard InChI is InChI=1S/C23H29NO3.CH2Cl2/c1-3-21(19-10-6-4-7-11-19)23(25)27-17-15-24-14-16-26-22(18(24)2)20-12-8-5-9-13-20;2-1-3/h4-13,18,21-22H,3,14-17H2,1-2H3;1H2. The average Bonchev–Trinajstić information content (AvgIpc) is 2.77. The fraction of sp³-hybridized carbons (Fsp3) is 0.458. The summed E-state index contributed by atoms with van der Waals surface area (Å²) in [5.41, 5.74) is 2.22. The van der Waals surface area contributed by atoms with Gasteiger partial charge in [0.15, 0.2) is 0 Å². The summed E-state index contributed by atoms with van der Waals surface area (Å²) in [6.45, 7) is 6.89. The summed E-state index contributed by atoms with van der Waals surface area (Å²) in [7, 11) is 0. The van der Waals surface area contributed by atoms with E-state index in [1.807, 2.05) is 55.5 Å². The molecule has 0 spiro atoms. The van der Waals surface area contributed by atoms with E-state index in [9.17, 15) is 4.79 Å². The number of morpholine rings is 1. The maximum Gasteiger partial charge on any atom is 0.313 e. The van der Waals surface area contributed by atoms with Crippen LogP contribution in [0.25, 0.3) is 0 Å². The number of alkyl halides is 2. The summed E-state index contributed by atoms with van der Waals surface area (Å²) in [6, 6.07) is 20.4. The minimum Gasteiger partial charge on any atom is -0.464 e. The molecule has 30 heavy (non-hydrogen) atoms. The van der Waals surface area contributed by atoms with Crippen LogP contribution in [-0.4, -0.2) is 48.6 Å². The van der Waals surface area contributed by atoms with E-state index in [0.29, 0.717) is 13.2 Å². The van der Waals surface area contributed by atoms with Gasteiger partial charge < -0.3 is 9.47 Å². The highest BCUT2D eigenvalue weighted by Crippen LogP contribution is 2.28. The molecule has 0 radical (unpaired) electrons. The van der Waals surface area contributed by atoms with Crippen molar-refractivity contribution in [1.29, 1.82) is 0 Å². The lowest BCUT2D eigenvalue weighted by Gasteiger charge is -2.39. The van der Waals surface area contributed by atoms with E-state index >= 15 is 0 Å². The normalized spacial score (nSPS) is 20.0. The molecular formula is C24H31Cl2NO3. The van der Waals surface area contributed by atoms with Crippen molar-refractivity contribution in [2.45, 2.75) is 38.3 Å². The van der Waals surface area contributed by atoms with Crippen molar-refractivity contribution in [2.24, 2.45) is 0 Å². The van der Waals surface area contributed by atoms with E-state index in [4.69, 9.17) is 32.7 Å². The highest BCUT2D eigenvalue weighted by molar-refractivity contribution is 6.40. The minimum atomic E-state index is -0.189. The number of halogens is 2. The molecule has 0 N–H and O–H groups in total. The Morgan fingerprint density at radius 1 is 1.13 bits per heavy atom. The van der Waals surface area contributed by atoms with Gasteiger partial charge in [0, 0.05) is 19.1 Å². The Morgan fingerprint density at radius 2 is 1.73 bits per heavy atom. The third-order valence-electron chi connectivity index (χ3n) is 5.34. The van der Waals surface area contributed by atoms with Crippen LogP contribution < -0.4 is 0 Å². The third kappa shape index (κ3) is 7.28. The molecule has 0 bridgehead atoms. The molecule has 3 rings (SSSR count). The lowest BCUT2D eigenvalue weighted by Crippen LogP contribution is -2.47. The van der Waals surface area contributed by atoms with Gasteiger partial charge in [0.1, 0.15) is 6.61 Å². The number of esters is 1. The molecule has 0 saturated carbocycles. The van der Waals surface area contributed by atoms with Crippen molar-refractivity contribution in [1.82, 2.24) is 4.90 Å². The molecule has 2 aromatic rings. The molecule has 3 unspecified atom stereocenters. The third-order valence-corrected chi connectivity index (χ3v) is 5.34. The van der Waals surface area contributed by atoms with E-state index in [2.05, 4.69) is 24.0 Å². The van der Waals surface area contributed by atoms with Crippen LogP contribution in [0.4, 0.5) is 0 Å². The van der Waals surface area contributed by atoms with Crippen LogP contribution in [0, 0.1) is 0 Å². The Hall–Kier alpha value is -1.59. The molecule has 1 heterocycles. The second-order valence-corrected chi connectivity index (χ2v) is 7.93. The molecule has 4 nitrogen and oxygen atoms in total. The lowest BCUT2D eigenvalue weighted by atomic mass is 9.97. The van der Waals surface area contributed by atoms with Crippen molar-refractivity contribution >= 4 is 29.2 Å². The van der Waals surface area contributed by atoms with Crippen LogP contribution in [0.5, 0.6) is 0 Å². The summed E-state index contributed by atoms with van der Waals surface area (Å²) in [5, 5.41) is 0.194. The van der Waals surface area contributed by atoms with Crippen LogP contribution >= 0.6 is 23.2 Å². The number of carbonyl (C=O) groups excluding carboxylic acids is 1. The van der Waals surface area contributed by atoms with Crippen LogP contribution in [-0.2, 0) is 14.3 Å². The van der Waals surface area contributed by atoms with Crippen LogP contribution in [0.2, 0.25) is 0 Å². The van der Waals surface area contributed by atoms with E-state index in [1.165, 1.54) is 5.56 Å². The Balaban J connectivity index is 0.00000101. The molecular weight excluding hydrogens is 421 g/mol. The van der Waals surface area contributed by atoms with Crippen molar-refractivity contribution in [3.05, 3.63) is 71.8 Å². The average molecular weight is 452 g/mol. The van der Waals surface area contributed by atoms with Crippen molar-refractivity contribution in [3.63, 3.8) is 0 Å². The molecule has 6 heteroatoms. The molecule has 0 aromatic heterocycles. The van der Waals surface area contributed by atoms with E-state index in [-0.39, 0.29) is 29.4 Å². The molecule has 0 aliphatic carbocycles. The summed E-state index contributed by atoms with van der Waals surface area (Å²) in [4.78, 5) is 14.9. The van der Waals surface area contributed by atoms with Gasteiger partial charge in [-0.15, -0.1) is 23.2 Å². The monoisotopic (exact) mass is 451 g/mol. The summed E-state index contributed by atoms with van der Waals surface area (Å²) < 4.78 is 11.6. The zero-order valence-electron chi connectivity index (χ0n) is 17.7. The van der Waals surface area contributed by atoms with Gasteiger partial charge in [0.25, 0.3) is 0 Å².